The molecule has 0 radical (unpaired) electrons. The van der Waals surface area contributed by atoms with Crippen molar-refractivity contribution in [1.29, 1.82) is 0 Å². The molecule has 3 heteroatoms. The maximum absolute atomic E-state index is 5.85. The SMILES string of the molecule is CCC1CN(CC2(C)CCCO2)CCN1. The molecule has 0 aromatic heterocycles. The van der Waals surface area contributed by atoms with Crippen molar-refractivity contribution in [3.63, 3.8) is 0 Å². The van der Waals surface area contributed by atoms with Gasteiger partial charge < -0.3 is 10.1 Å². The highest BCUT2D eigenvalue weighted by Crippen LogP contribution is 2.26. The van der Waals surface area contributed by atoms with Crippen LogP contribution in [-0.4, -0.2) is 49.3 Å². The van der Waals surface area contributed by atoms with Crippen molar-refractivity contribution in [2.75, 3.05) is 32.8 Å². The monoisotopic (exact) mass is 212 g/mol. The van der Waals surface area contributed by atoms with Crippen LogP contribution in [0.25, 0.3) is 0 Å². The van der Waals surface area contributed by atoms with Gasteiger partial charge in [0.2, 0.25) is 0 Å². The van der Waals surface area contributed by atoms with Crippen LogP contribution in [0.4, 0.5) is 0 Å². The molecule has 2 atom stereocenters. The number of nitrogens with zero attached hydrogens (tertiary/aromatic N) is 1. The van der Waals surface area contributed by atoms with E-state index < -0.39 is 0 Å². The molecule has 0 spiro atoms. The van der Waals surface area contributed by atoms with E-state index in [-0.39, 0.29) is 5.60 Å². The van der Waals surface area contributed by atoms with E-state index in [1.54, 1.807) is 0 Å². The largest absolute Gasteiger partial charge is 0.374 e. The van der Waals surface area contributed by atoms with E-state index in [1.807, 2.05) is 0 Å². The van der Waals surface area contributed by atoms with Crippen molar-refractivity contribution in [3.8, 4) is 0 Å². The minimum atomic E-state index is 0.135. The lowest BCUT2D eigenvalue weighted by atomic mass is 10.0. The summed E-state index contributed by atoms with van der Waals surface area (Å²) in [7, 11) is 0. The van der Waals surface area contributed by atoms with Gasteiger partial charge in [0.05, 0.1) is 5.60 Å². The Balaban J connectivity index is 1.83. The van der Waals surface area contributed by atoms with Gasteiger partial charge in [-0.3, -0.25) is 4.90 Å². The molecule has 88 valence electrons. The van der Waals surface area contributed by atoms with Gasteiger partial charge in [-0.25, -0.2) is 0 Å². The fraction of sp³-hybridized carbons (Fsp3) is 1.00. The summed E-state index contributed by atoms with van der Waals surface area (Å²) in [5, 5.41) is 3.55. The first-order chi connectivity index (χ1) is 7.22. The number of hydrogen-bond acceptors (Lipinski definition) is 3. The molecule has 0 bridgehead atoms. The van der Waals surface area contributed by atoms with Crippen LogP contribution in [0.1, 0.15) is 33.1 Å². The topological polar surface area (TPSA) is 24.5 Å². The zero-order chi connectivity index (χ0) is 10.7. The Morgan fingerprint density at radius 2 is 2.40 bits per heavy atom. The predicted molar refractivity (Wildman–Crippen MR) is 62.1 cm³/mol. The molecule has 15 heavy (non-hydrogen) atoms. The zero-order valence-electron chi connectivity index (χ0n) is 10.1. The van der Waals surface area contributed by atoms with E-state index in [0.29, 0.717) is 6.04 Å². The third-order valence-corrected chi connectivity index (χ3v) is 3.69. The first kappa shape index (κ1) is 11.4. The average Bonchev–Trinajstić information content (AvgIpc) is 2.65. The van der Waals surface area contributed by atoms with Gasteiger partial charge in [0.25, 0.3) is 0 Å². The van der Waals surface area contributed by atoms with Crippen molar-refractivity contribution >= 4 is 0 Å². The molecule has 1 N–H and O–H groups in total. The molecule has 2 unspecified atom stereocenters. The molecule has 2 aliphatic heterocycles. The van der Waals surface area contributed by atoms with E-state index >= 15 is 0 Å². The summed E-state index contributed by atoms with van der Waals surface area (Å²) in [5.74, 6) is 0. The van der Waals surface area contributed by atoms with Crippen molar-refractivity contribution in [2.45, 2.75) is 44.8 Å². The predicted octanol–water partition coefficient (Wildman–Crippen LogP) is 1.24. The maximum atomic E-state index is 5.85. The second-order valence-electron chi connectivity index (χ2n) is 5.20. The molecule has 2 fully saturated rings. The van der Waals surface area contributed by atoms with E-state index in [1.165, 1.54) is 32.4 Å². The summed E-state index contributed by atoms with van der Waals surface area (Å²) in [6, 6.07) is 0.684. The summed E-state index contributed by atoms with van der Waals surface area (Å²) >= 11 is 0. The minimum absolute atomic E-state index is 0.135. The normalized spacial score (nSPS) is 38.4. The standard InChI is InChI=1S/C12H24N2O/c1-3-11-9-14(7-6-13-11)10-12(2)5-4-8-15-12/h11,13H,3-10H2,1-2H3. The summed E-state index contributed by atoms with van der Waals surface area (Å²) in [4.78, 5) is 2.57. The van der Waals surface area contributed by atoms with Crippen molar-refractivity contribution in [1.82, 2.24) is 10.2 Å². The summed E-state index contributed by atoms with van der Waals surface area (Å²) < 4.78 is 5.85. The highest BCUT2D eigenvalue weighted by atomic mass is 16.5. The molecular formula is C12H24N2O. The van der Waals surface area contributed by atoms with E-state index in [2.05, 4.69) is 24.1 Å². The van der Waals surface area contributed by atoms with Crippen LogP contribution in [0.2, 0.25) is 0 Å². The summed E-state index contributed by atoms with van der Waals surface area (Å²) in [6.07, 6.45) is 3.70. The van der Waals surface area contributed by atoms with Gasteiger partial charge in [-0.2, -0.15) is 0 Å². The Kier molecular flexibility index (Phi) is 3.65. The molecule has 2 rings (SSSR count). The Labute approximate surface area is 93.2 Å². The molecule has 3 nitrogen and oxygen atoms in total. The molecule has 0 aromatic carbocycles. The molecule has 2 heterocycles. The van der Waals surface area contributed by atoms with Crippen LogP contribution in [0.15, 0.2) is 0 Å². The third kappa shape index (κ3) is 2.92. The number of piperazine rings is 1. The molecule has 0 saturated carbocycles. The van der Waals surface area contributed by atoms with Gasteiger partial charge in [-0.15, -0.1) is 0 Å². The van der Waals surface area contributed by atoms with Gasteiger partial charge in [-0.1, -0.05) is 6.92 Å². The quantitative estimate of drug-likeness (QED) is 0.762. The maximum Gasteiger partial charge on any atom is 0.0781 e. The van der Waals surface area contributed by atoms with Gasteiger partial charge in [-0.05, 0) is 26.2 Å². The van der Waals surface area contributed by atoms with Crippen LogP contribution < -0.4 is 5.32 Å². The van der Waals surface area contributed by atoms with Crippen molar-refractivity contribution in [2.24, 2.45) is 0 Å². The fourth-order valence-corrected chi connectivity index (χ4v) is 2.75. The molecule has 0 aromatic rings. The van der Waals surface area contributed by atoms with E-state index in [0.717, 1.165) is 19.7 Å². The van der Waals surface area contributed by atoms with Crippen LogP contribution in [0.5, 0.6) is 0 Å². The first-order valence-corrected chi connectivity index (χ1v) is 6.31. The van der Waals surface area contributed by atoms with E-state index in [9.17, 15) is 0 Å². The number of nitrogens with one attached hydrogen (secondary N) is 1. The molecule has 0 amide bonds. The van der Waals surface area contributed by atoms with Crippen LogP contribution in [0.3, 0.4) is 0 Å². The summed E-state index contributed by atoms with van der Waals surface area (Å²) in [5.41, 5.74) is 0.135. The number of hydrogen-bond donors (Lipinski definition) is 1. The Hall–Kier alpha value is -0.120. The lowest BCUT2D eigenvalue weighted by Gasteiger charge is -2.37. The Bertz CT molecular complexity index is 202. The number of rotatable bonds is 3. The Morgan fingerprint density at radius 3 is 3.07 bits per heavy atom. The second-order valence-corrected chi connectivity index (χ2v) is 5.20. The first-order valence-electron chi connectivity index (χ1n) is 6.31. The van der Waals surface area contributed by atoms with Crippen LogP contribution >= 0.6 is 0 Å². The highest BCUT2D eigenvalue weighted by Gasteiger charge is 2.33. The highest BCUT2D eigenvalue weighted by molar-refractivity contribution is 4.87. The molecule has 0 aliphatic carbocycles. The van der Waals surface area contributed by atoms with Crippen LogP contribution in [0, 0.1) is 0 Å². The smallest absolute Gasteiger partial charge is 0.0781 e. The van der Waals surface area contributed by atoms with Gasteiger partial charge in [0.1, 0.15) is 0 Å². The van der Waals surface area contributed by atoms with Crippen molar-refractivity contribution in [3.05, 3.63) is 0 Å². The zero-order valence-corrected chi connectivity index (χ0v) is 10.1. The lowest BCUT2D eigenvalue weighted by Crippen LogP contribution is -2.54. The van der Waals surface area contributed by atoms with Crippen molar-refractivity contribution < 1.29 is 4.74 Å². The summed E-state index contributed by atoms with van der Waals surface area (Å²) in [6.45, 7) is 10.1. The minimum Gasteiger partial charge on any atom is -0.374 e. The van der Waals surface area contributed by atoms with Crippen LogP contribution in [-0.2, 0) is 4.74 Å². The Morgan fingerprint density at radius 1 is 1.53 bits per heavy atom. The van der Waals surface area contributed by atoms with E-state index in [4.69, 9.17) is 4.74 Å². The molecule has 2 saturated heterocycles. The average molecular weight is 212 g/mol. The second kappa shape index (κ2) is 4.81. The number of ether oxygens (including phenoxy) is 1. The van der Waals surface area contributed by atoms with Gasteiger partial charge in [0, 0.05) is 38.8 Å². The van der Waals surface area contributed by atoms with Gasteiger partial charge >= 0.3 is 0 Å². The molecular weight excluding hydrogens is 188 g/mol. The fourth-order valence-electron chi connectivity index (χ4n) is 2.75. The lowest BCUT2D eigenvalue weighted by molar-refractivity contribution is -0.0145. The molecule has 2 aliphatic rings. The third-order valence-electron chi connectivity index (χ3n) is 3.69. The van der Waals surface area contributed by atoms with Gasteiger partial charge in [0.15, 0.2) is 0 Å².